The Morgan fingerprint density at radius 3 is 2.73 bits per heavy atom. The van der Waals surface area contributed by atoms with E-state index in [0.717, 1.165) is 17.9 Å². The number of ether oxygens (including phenoxy) is 1. The highest BCUT2D eigenvalue weighted by atomic mass is 32.2. The van der Waals surface area contributed by atoms with Gasteiger partial charge in [0.1, 0.15) is 10.5 Å². The molecule has 1 unspecified atom stereocenters. The summed E-state index contributed by atoms with van der Waals surface area (Å²) < 4.78 is 35.8. The van der Waals surface area contributed by atoms with Crippen LogP contribution in [0.1, 0.15) is 35.2 Å². The van der Waals surface area contributed by atoms with E-state index in [4.69, 9.17) is 9.26 Å². The Balaban J connectivity index is 1.32. The van der Waals surface area contributed by atoms with Crippen LogP contribution in [0.5, 0.6) is 5.75 Å². The number of nitrogens with zero attached hydrogens (tertiary/aromatic N) is 3. The number of hydrogen-bond donors (Lipinski definition) is 0. The smallest absolute Gasteiger partial charge is 0.231 e. The first-order chi connectivity index (χ1) is 14.5. The van der Waals surface area contributed by atoms with Crippen molar-refractivity contribution in [3.63, 3.8) is 0 Å². The molecule has 0 saturated carbocycles. The van der Waals surface area contributed by atoms with Gasteiger partial charge in [-0.15, -0.1) is 0 Å². The van der Waals surface area contributed by atoms with Gasteiger partial charge in [0, 0.05) is 26.1 Å². The molecule has 0 bridgehead atoms. The van der Waals surface area contributed by atoms with Crippen LogP contribution in [0.4, 0.5) is 0 Å². The number of sulfone groups is 1. The van der Waals surface area contributed by atoms with Crippen LogP contribution in [0.2, 0.25) is 0 Å². The summed E-state index contributed by atoms with van der Waals surface area (Å²) in [5.74, 6) is 1.76. The lowest BCUT2D eigenvalue weighted by molar-refractivity contribution is 0.0901. The van der Waals surface area contributed by atoms with Gasteiger partial charge in [0.05, 0.1) is 18.8 Å². The summed E-state index contributed by atoms with van der Waals surface area (Å²) in [6, 6.07) is 9.80. The van der Waals surface area contributed by atoms with Crippen molar-refractivity contribution in [2.24, 2.45) is 0 Å². The molecule has 0 aliphatic carbocycles. The van der Waals surface area contributed by atoms with E-state index in [1.807, 2.05) is 29.6 Å². The van der Waals surface area contributed by atoms with Crippen molar-refractivity contribution in [1.82, 2.24) is 15.0 Å². The van der Waals surface area contributed by atoms with Crippen molar-refractivity contribution in [3.8, 4) is 5.75 Å². The predicted molar refractivity (Wildman–Crippen MR) is 114 cm³/mol. The number of likely N-dealkylation sites (tertiary alicyclic amines) is 1. The molecule has 5 rings (SSSR count). The summed E-state index contributed by atoms with van der Waals surface area (Å²) in [5.41, 5.74) is 2.27. The molecule has 1 atom stereocenters. The highest BCUT2D eigenvalue weighted by Crippen LogP contribution is 2.49. The summed E-state index contributed by atoms with van der Waals surface area (Å²) >= 11 is 1.66. The largest absolute Gasteiger partial charge is 0.497 e. The maximum Gasteiger partial charge on any atom is 0.231 e. The topological polar surface area (TPSA) is 85.5 Å². The SMILES string of the molecule is COc1ccc(Cc2noc(C3CCS(=O)(=O)C34CN(Cc3ccsc3)C4)n2)cc1. The van der Waals surface area contributed by atoms with E-state index >= 15 is 0 Å². The maximum absolute atomic E-state index is 12.9. The van der Waals surface area contributed by atoms with Crippen molar-refractivity contribution in [1.29, 1.82) is 0 Å². The first-order valence-corrected chi connectivity index (χ1v) is 12.5. The standard InChI is InChI=1S/C21H23N3O4S2/c1-27-17-4-2-15(3-5-17)10-19-22-20(28-23-19)18-7-9-30(25,26)21(18)13-24(14-21)11-16-6-8-29-12-16/h2-6,8,12,18H,7,9-11,13-14H2,1H3. The van der Waals surface area contributed by atoms with Crippen molar-refractivity contribution in [3.05, 3.63) is 63.9 Å². The van der Waals surface area contributed by atoms with Gasteiger partial charge in [-0.3, -0.25) is 4.90 Å². The minimum Gasteiger partial charge on any atom is -0.497 e. The van der Waals surface area contributed by atoms with Gasteiger partial charge in [-0.2, -0.15) is 16.3 Å². The molecule has 1 spiro atoms. The second-order valence-corrected chi connectivity index (χ2v) is 11.3. The van der Waals surface area contributed by atoms with Crippen LogP contribution >= 0.6 is 11.3 Å². The number of aromatic nitrogens is 2. The molecule has 158 valence electrons. The zero-order valence-electron chi connectivity index (χ0n) is 16.7. The van der Waals surface area contributed by atoms with Crippen molar-refractivity contribution >= 4 is 21.2 Å². The molecule has 4 heterocycles. The normalized spacial score (nSPS) is 22.2. The van der Waals surface area contributed by atoms with Gasteiger partial charge in [0.2, 0.25) is 5.89 Å². The van der Waals surface area contributed by atoms with Crippen LogP contribution in [-0.4, -0.2) is 54.2 Å². The fourth-order valence-electron chi connectivity index (χ4n) is 4.59. The van der Waals surface area contributed by atoms with Crippen LogP contribution < -0.4 is 4.74 Å². The van der Waals surface area contributed by atoms with Crippen LogP contribution in [0.3, 0.4) is 0 Å². The molecule has 2 aromatic heterocycles. The lowest BCUT2D eigenvalue weighted by Crippen LogP contribution is -2.65. The summed E-state index contributed by atoms with van der Waals surface area (Å²) in [7, 11) is -1.56. The van der Waals surface area contributed by atoms with Gasteiger partial charge in [0.15, 0.2) is 15.7 Å². The molecule has 2 aliphatic rings. The third-order valence-electron chi connectivity index (χ3n) is 6.20. The Labute approximate surface area is 179 Å². The average molecular weight is 446 g/mol. The first-order valence-electron chi connectivity index (χ1n) is 9.90. The Morgan fingerprint density at radius 2 is 2.03 bits per heavy atom. The van der Waals surface area contributed by atoms with Crippen LogP contribution in [-0.2, 0) is 22.8 Å². The molecule has 0 amide bonds. The van der Waals surface area contributed by atoms with Crippen LogP contribution in [0.15, 0.2) is 45.6 Å². The van der Waals surface area contributed by atoms with E-state index in [-0.39, 0.29) is 11.7 Å². The molecule has 30 heavy (non-hydrogen) atoms. The average Bonchev–Trinajstić information content (AvgIpc) is 3.43. The van der Waals surface area contributed by atoms with Crippen molar-refractivity contribution < 1.29 is 17.7 Å². The molecule has 0 radical (unpaired) electrons. The second-order valence-electron chi connectivity index (χ2n) is 8.08. The zero-order chi connectivity index (χ0) is 20.8. The van der Waals surface area contributed by atoms with Crippen molar-refractivity contribution in [2.45, 2.75) is 30.1 Å². The lowest BCUT2D eigenvalue weighted by atomic mass is 9.83. The van der Waals surface area contributed by atoms with Gasteiger partial charge in [-0.1, -0.05) is 17.3 Å². The zero-order valence-corrected chi connectivity index (χ0v) is 18.3. The van der Waals surface area contributed by atoms with Gasteiger partial charge in [0.25, 0.3) is 0 Å². The van der Waals surface area contributed by atoms with E-state index in [1.165, 1.54) is 5.56 Å². The molecule has 2 saturated heterocycles. The van der Waals surface area contributed by atoms with Crippen molar-refractivity contribution in [2.75, 3.05) is 26.0 Å². The number of thiophene rings is 1. The monoisotopic (exact) mass is 445 g/mol. The van der Waals surface area contributed by atoms with Gasteiger partial charge in [-0.25, -0.2) is 8.42 Å². The quantitative estimate of drug-likeness (QED) is 0.577. The molecule has 2 aliphatic heterocycles. The minimum absolute atomic E-state index is 0.181. The third kappa shape index (κ3) is 3.34. The Bertz CT molecular complexity index is 1120. The summed E-state index contributed by atoms with van der Waals surface area (Å²) in [6.45, 7) is 1.82. The van der Waals surface area contributed by atoms with Gasteiger partial charge in [-0.05, 0) is 46.5 Å². The second kappa shape index (κ2) is 7.47. The molecule has 1 aromatic carbocycles. The minimum atomic E-state index is -3.20. The third-order valence-corrected chi connectivity index (χ3v) is 9.49. The van der Waals surface area contributed by atoms with Gasteiger partial charge < -0.3 is 9.26 Å². The van der Waals surface area contributed by atoms with E-state index < -0.39 is 14.6 Å². The molecular formula is C21H23N3O4S2. The Kier molecular flexibility index (Phi) is 4.91. The maximum atomic E-state index is 12.9. The number of rotatable bonds is 6. The Hall–Kier alpha value is -2.23. The summed E-state index contributed by atoms with van der Waals surface area (Å²) in [4.78, 5) is 6.77. The number of methoxy groups -OCH3 is 1. The van der Waals surface area contributed by atoms with Crippen LogP contribution in [0.25, 0.3) is 0 Å². The van der Waals surface area contributed by atoms with E-state index in [2.05, 4.69) is 26.5 Å². The van der Waals surface area contributed by atoms with E-state index in [1.54, 1.807) is 18.4 Å². The number of benzene rings is 1. The van der Waals surface area contributed by atoms with E-state index in [9.17, 15) is 8.42 Å². The number of hydrogen-bond acceptors (Lipinski definition) is 8. The predicted octanol–water partition coefficient (Wildman–Crippen LogP) is 2.89. The molecule has 9 heteroatoms. The molecular weight excluding hydrogens is 422 g/mol. The summed E-state index contributed by atoms with van der Waals surface area (Å²) in [5, 5.41) is 8.28. The summed E-state index contributed by atoms with van der Waals surface area (Å²) in [6.07, 6.45) is 1.07. The Morgan fingerprint density at radius 1 is 1.23 bits per heavy atom. The first kappa shape index (κ1) is 19.7. The molecule has 7 nitrogen and oxygen atoms in total. The fraction of sp³-hybridized carbons (Fsp3) is 0.429. The highest BCUT2D eigenvalue weighted by Gasteiger charge is 2.63. The molecule has 3 aromatic rings. The molecule has 2 fully saturated rings. The molecule has 0 N–H and O–H groups in total. The fourth-order valence-corrected chi connectivity index (χ4v) is 7.61. The lowest BCUT2D eigenvalue weighted by Gasteiger charge is -2.49. The highest BCUT2D eigenvalue weighted by molar-refractivity contribution is 7.93. The van der Waals surface area contributed by atoms with Gasteiger partial charge >= 0.3 is 0 Å². The van der Waals surface area contributed by atoms with Crippen LogP contribution in [0, 0.1) is 0 Å². The van der Waals surface area contributed by atoms with E-state index in [0.29, 0.717) is 37.6 Å².